The summed E-state index contributed by atoms with van der Waals surface area (Å²) >= 11 is 6.03. The minimum Gasteiger partial charge on any atom is -0.481 e. The first-order valence-corrected chi connectivity index (χ1v) is 9.88. The number of hydrogen-bond acceptors (Lipinski definition) is 6. The van der Waals surface area contributed by atoms with Crippen molar-refractivity contribution in [2.45, 2.75) is 51.6 Å². The fourth-order valence-corrected chi connectivity index (χ4v) is 3.67. The summed E-state index contributed by atoms with van der Waals surface area (Å²) in [6, 6.07) is 5.75. The molecule has 1 heterocycles. The van der Waals surface area contributed by atoms with Crippen molar-refractivity contribution >= 4 is 46.1 Å². The molecule has 0 spiro atoms. The summed E-state index contributed by atoms with van der Waals surface area (Å²) in [4.78, 5) is 35.3. The number of aromatic nitrogens is 1. The van der Waals surface area contributed by atoms with Gasteiger partial charge in [0.15, 0.2) is 5.60 Å². The number of carboxylic acids is 3. The molecular formula is C21H25ClN2O7. The van der Waals surface area contributed by atoms with E-state index in [1.807, 2.05) is 18.2 Å². The number of aliphatic carboxylic acids is 3. The van der Waals surface area contributed by atoms with Gasteiger partial charge in [-0.05, 0) is 48.4 Å². The highest BCUT2D eigenvalue weighted by Crippen LogP contribution is 2.38. The largest absolute Gasteiger partial charge is 0.481 e. The minimum atomic E-state index is -2.74. The van der Waals surface area contributed by atoms with Crippen LogP contribution in [-0.4, -0.2) is 48.9 Å². The Bertz CT molecular complexity index is 1020. The van der Waals surface area contributed by atoms with Crippen molar-refractivity contribution < 1.29 is 34.8 Å². The van der Waals surface area contributed by atoms with Gasteiger partial charge in [0.1, 0.15) is 0 Å². The molecule has 168 valence electrons. The quantitative estimate of drug-likeness (QED) is 0.457. The molecule has 0 radical (unpaired) electrons. The second-order valence-electron chi connectivity index (χ2n) is 8.43. The number of benzene rings is 1. The average molecular weight is 453 g/mol. The predicted molar refractivity (Wildman–Crippen MR) is 114 cm³/mol. The molecule has 0 aliphatic heterocycles. The number of anilines is 1. The highest BCUT2D eigenvalue weighted by molar-refractivity contribution is 6.31. The van der Waals surface area contributed by atoms with E-state index in [1.165, 1.54) is 12.0 Å². The molecule has 31 heavy (non-hydrogen) atoms. The zero-order chi connectivity index (χ0) is 23.6. The molecule has 1 aromatic heterocycles. The first-order chi connectivity index (χ1) is 14.2. The monoisotopic (exact) mass is 452 g/mol. The van der Waals surface area contributed by atoms with Crippen molar-refractivity contribution in [1.82, 2.24) is 4.98 Å². The highest BCUT2D eigenvalue weighted by atomic mass is 35.5. The van der Waals surface area contributed by atoms with Crippen molar-refractivity contribution in [3.8, 4) is 0 Å². The Morgan fingerprint density at radius 2 is 1.74 bits per heavy atom. The van der Waals surface area contributed by atoms with Crippen molar-refractivity contribution in [2.24, 2.45) is 5.41 Å². The third kappa shape index (κ3) is 6.05. The first kappa shape index (κ1) is 24.4. The third-order valence-corrected chi connectivity index (χ3v) is 5.40. The molecule has 1 aromatic carbocycles. The number of nitrogens with two attached hydrogens (primary N) is 1. The van der Waals surface area contributed by atoms with Gasteiger partial charge in [-0.2, -0.15) is 0 Å². The van der Waals surface area contributed by atoms with Gasteiger partial charge in [-0.1, -0.05) is 25.4 Å². The Morgan fingerprint density at radius 1 is 1.16 bits per heavy atom. The van der Waals surface area contributed by atoms with Gasteiger partial charge in [-0.15, -0.1) is 0 Å². The van der Waals surface area contributed by atoms with Crippen molar-refractivity contribution in [3.63, 3.8) is 0 Å². The second-order valence-corrected chi connectivity index (χ2v) is 8.87. The number of pyridine rings is 1. The van der Waals surface area contributed by atoms with E-state index in [0.29, 0.717) is 10.4 Å². The Balaban J connectivity index is 0.000000235. The Hall–Kier alpha value is -2.91. The van der Waals surface area contributed by atoms with E-state index < -0.39 is 36.4 Å². The molecule has 0 atom stereocenters. The van der Waals surface area contributed by atoms with Crippen LogP contribution in [0.5, 0.6) is 0 Å². The topological polar surface area (TPSA) is 171 Å². The Labute approximate surface area is 183 Å². The van der Waals surface area contributed by atoms with E-state index in [1.54, 1.807) is 0 Å². The number of carbonyl (C=O) groups is 3. The van der Waals surface area contributed by atoms with Gasteiger partial charge >= 0.3 is 17.9 Å². The normalized spacial score (nSPS) is 14.8. The molecule has 0 unspecified atom stereocenters. The van der Waals surface area contributed by atoms with E-state index in [-0.39, 0.29) is 0 Å². The molecule has 2 aromatic rings. The lowest BCUT2D eigenvalue weighted by Crippen LogP contribution is -2.42. The molecule has 0 fully saturated rings. The van der Waals surface area contributed by atoms with E-state index in [4.69, 9.17) is 42.7 Å². The standard InChI is InChI=1S/C15H17ClN2.C6H8O7/c1-15(2)6-5-11-13(8-15)18-12-7-9(16)3-4-10(12)14(11)17;7-3(8)1-6(13,5(11)12)2-4(9)10/h3-4,7H,5-6,8H2,1-2H3,(H2,17,18);13H,1-2H2,(H,7,8)(H,9,10)(H,11,12). The molecule has 1 aliphatic carbocycles. The van der Waals surface area contributed by atoms with Crippen LogP contribution in [0.15, 0.2) is 18.2 Å². The number of nitrogens with zero attached hydrogens (tertiary/aromatic N) is 1. The van der Waals surface area contributed by atoms with Crippen LogP contribution in [0, 0.1) is 5.41 Å². The van der Waals surface area contributed by atoms with Gasteiger partial charge in [-0.3, -0.25) is 14.6 Å². The summed E-state index contributed by atoms with van der Waals surface area (Å²) in [7, 11) is 0. The van der Waals surface area contributed by atoms with Gasteiger partial charge in [0, 0.05) is 21.8 Å². The van der Waals surface area contributed by atoms with Gasteiger partial charge in [-0.25, -0.2) is 4.79 Å². The van der Waals surface area contributed by atoms with Crippen LogP contribution in [0.1, 0.15) is 44.4 Å². The van der Waals surface area contributed by atoms with Gasteiger partial charge in [0.05, 0.1) is 18.4 Å². The summed E-state index contributed by atoms with van der Waals surface area (Å²) in [6.07, 6.45) is 0.906. The zero-order valence-electron chi connectivity index (χ0n) is 17.2. The first-order valence-electron chi connectivity index (χ1n) is 9.50. The van der Waals surface area contributed by atoms with Crippen molar-refractivity contribution in [3.05, 3.63) is 34.5 Å². The highest BCUT2D eigenvalue weighted by Gasteiger charge is 2.40. The molecular weight excluding hydrogens is 428 g/mol. The van der Waals surface area contributed by atoms with E-state index in [0.717, 1.165) is 35.1 Å². The molecule has 0 saturated carbocycles. The van der Waals surface area contributed by atoms with E-state index in [9.17, 15) is 14.4 Å². The average Bonchev–Trinajstić information content (AvgIpc) is 2.59. The molecule has 9 nitrogen and oxygen atoms in total. The van der Waals surface area contributed by atoms with Gasteiger partial charge in [0.25, 0.3) is 0 Å². The van der Waals surface area contributed by atoms with Crippen LogP contribution >= 0.6 is 11.6 Å². The molecule has 10 heteroatoms. The second kappa shape index (κ2) is 9.07. The van der Waals surface area contributed by atoms with Crippen LogP contribution in [0.3, 0.4) is 0 Å². The van der Waals surface area contributed by atoms with Crippen LogP contribution in [0.2, 0.25) is 5.02 Å². The lowest BCUT2D eigenvalue weighted by molar-refractivity contribution is -0.170. The molecule has 1 aliphatic rings. The van der Waals surface area contributed by atoms with Crippen molar-refractivity contribution in [2.75, 3.05) is 5.73 Å². The number of hydrogen-bond donors (Lipinski definition) is 5. The third-order valence-electron chi connectivity index (χ3n) is 5.16. The van der Waals surface area contributed by atoms with E-state index in [2.05, 4.69) is 13.8 Å². The molecule has 3 rings (SSSR count). The molecule has 0 bridgehead atoms. The lowest BCUT2D eigenvalue weighted by atomic mass is 9.75. The Morgan fingerprint density at radius 3 is 2.26 bits per heavy atom. The zero-order valence-corrected chi connectivity index (χ0v) is 17.9. The van der Waals surface area contributed by atoms with Crippen LogP contribution in [0.25, 0.3) is 10.9 Å². The maximum absolute atomic E-state index is 10.3. The number of nitrogen functional groups attached to an aromatic ring is 1. The van der Waals surface area contributed by atoms with E-state index >= 15 is 0 Å². The molecule has 0 amide bonds. The molecule has 0 saturated heterocycles. The van der Waals surface area contributed by atoms with Gasteiger partial charge < -0.3 is 26.2 Å². The number of carboxylic acid groups (broad SMARTS) is 3. The van der Waals surface area contributed by atoms with Crippen LogP contribution < -0.4 is 5.73 Å². The summed E-state index contributed by atoms with van der Waals surface area (Å²) in [5, 5.41) is 35.5. The Kier molecular flexibility index (Phi) is 7.13. The number of fused-ring (bicyclic) bond motifs is 2. The molecule has 6 N–H and O–H groups in total. The van der Waals surface area contributed by atoms with Crippen molar-refractivity contribution in [1.29, 1.82) is 0 Å². The number of rotatable bonds is 5. The van der Waals surface area contributed by atoms with Crippen LogP contribution in [-0.2, 0) is 27.2 Å². The number of halogens is 1. The summed E-state index contributed by atoms with van der Waals surface area (Å²) in [6.45, 7) is 4.58. The fraction of sp³-hybridized carbons (Fsp3) is 0.429. The lowest BCUT2D eigenvalue weighted by Gasteiger charge is -2.31. The summed E-state index contributed by atoms with van der Waals surface area (Å²) in [5.41, 5.74) is 8.07. The number of aliphatic hydroxyl groups is 1. The maximum Gasteiger partial charge on any atom is 0.336 e. The fourth-order valence-electron chi connectivity index (χ4n) is 3.50. The maximum atomic E-state index is 10.3. The SMILES string of the molecule is CC1(C)CCc2c(nc3cc(Cl)ccc3c2N)C1.O=C(O)CC(O)(CC(=O)O)C(=O)O. The smallest absolute Gasteiger partial charge is 0.336 e. The summed E-state index contributed by atoms with van der Waals surface area (Å²) in [5.74, 6) is -5.02. The minimum absolute atomic E-state index is 0.318. The predicted octanol–water partition coefficient (Wildman–Crippen LogP) is 2.74. The summed E-state index contributed by atoms with van der Waals surface area (Å²) < 4.78 is 0. The van der Waals surface area contributed by atoms with Crippen LogP contribution in [0.4, 0.5) is 5.69 Å². The van der Waals surface area contributed by atoms with Gasteiger partial charge in [0.2, 0.25) is 0 Å².